The van der Waals surface area contributed by atoms with Gasteiger partial charge in [-0.2, -0.15) is 5.10 Å². The number of phenols is 1. The Hall–Kier alpha value is -1.26. The minimum absolute atomic E-state index is 0.274. The third-order valence-electron chi connectivity index (χ3n) is 1.91. The van der Waals surface area contributed by atoms with Crippen LogP contribution in [0.25, 0.3) is 0 Å². The molecule has 0 amide bonds. The number of hydrogen-bond acceptors (Lipinski definition) is 4. The molecule has 2 rings (SSSR count). The van der Waals surface area contributed by atoms with Crippen molar-refractivity contribution in [3.63, 3.8) is 0 Å². The molecule has 1 heterocycles. The summed E-state index contributed by atoms with van der Waals surface area (Å²) in [6, 6.07) is 10.6. The van der Waals surface area contributed by atoms with Crippen LogP contribution in [0, 0.1) is 0 Å². The van der Waals surface area contributed by atoms with Crippen molar-refractivity contribution in [2.45, 2.75) is 10.6 Å². The van der Waals surface area contributed by atoms with E-state index in [2.05, 4.69) is 10.2 Å². The van der Waals surface area contributed by atoms with Crippen LogP contribution >= 0.6 is 23.4 Å². The van der Waals surface area contributed by atoms with E-state index in [1.165, 1.54) is 0 Å². The Labute approximate surface area is 102 Å². The average Bonchev–Trinajstić information content (AvgIpc) is 2.30. The van der Waals surface area contributed by atoms with Gasteiger partial charge in [0, 0.05) is 10.6 Å². The lowest BCUT2D eigenvalue weighted by Gasteiger charge is -2.00. The molecule has 82 valence electrons. The number of thioether (sulfide) groups is 1. The third kappa shape index (κ3) is 3.12. The lowest BCUT2D eigenvalue weighted by atomic mass is 10.3. The van der Waals surface area contributed by atoms with Gasteiger partial charge < -0.3 is 5.11 Å². The quantitative estimate of drug-likeness (QED) is 0.853. The maximum Gasteiger partial charge on any atom is 0.151 e. The molecule has 3 nitrogen and oxygen atoms in total. The summed E-state index contributed by atoms with van der Waals surface area (Å²) < 4.78 is 0. The Morgan fingerprint density at radius 1 is 1.06 bits per heavy atom. The van der Waals surface area contributed by atoms with Crippen LogP contribution in [0.3, 0.4) is 0 Å². The van der Waals surface area contributed by atoms with Gasteiger partial charge in [-0.25, -0.2) is 0 Å². The van der Waals surface area contributed by atoms with Crippen LogP contribution in [-0.2, 0) is 5.75 Å². The number of aromatic nitrogens is 2. The molecule has 1 aromatic heterocycles. The summed E-state index contributed by atoms with van der Waals surface area (Å²) in [5, 5.41) is 17.3. The fourth-order valence-electron chi connectivity index (χ4n) is 1.12. The number of hydrogen-bond donors (Lipinski definition) is 1. The maximum absolute atomic E-state index is 9.13. The van der Waals surface area contributed by atoms with Gasteiger partial charge in [0.05, 0.1) is 5.69 Å². The Morgan fingerprint density at radius 2 is 1.81 bits per heavy atom. The smallest absolute Gasteiger partial charge is 0.151 e. The van der Waals surface area contributed by atoms with Crippen molar-refractivity contribution in [1.82, 2.24) is 10.2 Å². The molecule has 0 saturated heterocycles. The molecule has 0 spiro atoms. The van der Waals surface area contributed by atoms with Gasteiger partial charge in [-0.05, 0) is 36.4 Å². The van der Waals surface area contributed by atoms with Crippen LogP contribution in [0.1, 0.15) is 5.69 Å². The molecule has 0 aliphatic rings. The van der Waals surface area contributed by atoms with Crippen LogP contribution in [0.5, 0.6) is 5.75 Å². The summed E-state index contributed by atoms with van der Waals surface area (Å²) >= 11 is 7.27. The summed E-state index contributed by atoms with van der Waals surface area (Å²) in [7, 11) is 0. The molecule has 0 aliphatic heterocycles. The molecule has 0 radical (unpaired) electrons. The number of benzene rings is 1. The van der Waals surface area contributed by atoms with Crippen molar-refractivity contribution in [2.24, 2.45) is 0 Å². The van der Waals surface area contributed by atoms with Gasteiger partial charge in [-0.3, -0.25) is 0 Å². The first-order valence-corrected chi connectivity index (χ1v) is 6.00. The Kier molecular flexibility index (Phi) is 3.64. The zero-order valence-corrected chi connectivity index (χ0v) is 9.87. The van der Waals surface area contributed by atoms with E-state index in [1.54, 1.807) is 30.0 Å². The van der Waals surface area contributed by atoms with E-state index < -0.39 is 0 Å². The van der Waals surface area contributed by atoms with Gasteiger partial charge in [0.15, 0.2) is 5.15 Å². The van der Waals surface area contributed by atoms with Crippen molar-refractivity contribution >= 4 is 23.4 Å². The zero-order chi connectivity index (χ0) is 11.4. The third-order valence-corrected chi connectivity index (χ3v) is 3.16. The highest BCUT2D eigenvalue weighted by molar-refractivity contribution is 7.98. The van der Waals surface area contributed by atoms with Gasteiger partial charge in [0.2, 0.25) is 0 Å². The molecular formula is C11H9ClN2OS. The lowest BCUT2D eigenvalue weighted by molar-refractivity contribution is 0.475. The van der Waals surface area contributed by atoms with E-state index in [4.69, 9.17) is 16.7 Å². The highest BCUT2D eigenvalue weighted by Gasteiger charge is 1.99. The van der Waals surface area contributed by atoms with Gasteiger partial charge in [-0.1, -0.05) is 11.6 Å². The number of phenolic OH excluding ortho intramolecular Hbond substituents is 1. The summed E-state index contributed by atoms with van der Waals surface area (Å²) in [4.78, 5) is 1.08. The molecule has 1 N–H and O–H groups in total. The van der Waals surface area contributed by atoms with Crippen molar-refractivity contribution in [3.05, 3.63) is 47.2 Å². The van der Waals surface area contributed by atoms with Crippen LogP contribution in [0.2, 0.25) is 5.15 Å². The topological polar surface area (TPSA) is 46.0 Å². The monoisotopic (exact) mass is 252 g/mol. The average molecular weight is 253 g/mol. The fraction of sp³-hybridized carbons (Fsp3) is 0.0909. The molecule has 1 aromatic carbocycles. The second-order valence-corrected chi connectivity index (χ2v) is 4.57. The predicted molar refractivity (Wildman–Crippen MR) is 64.7 cm³/mol. The van der Waals surface area contributed by atoms with E-state index in [-0.39, 0.29) is 5.75 Å². The molecule has 5 heteroatoms. The Balaban J connectivity index is 1.97. The van der Waals surface area contributed by atoms with Crippen LogP contribution in [0.4, 0.5) is 0 Å². The van der Waals surface area contributed by atoms with E-state index in [9.17, 15) is 0 Å². The van der Waals surface area contributed by atoms with Crippen molar-refractivity contribution in [2.75, 3.05) is 0 Å². The molecule has 0 aliphatic carbocycles. The van der Waals surface area contributed by atoms with E-state index in [0.29, 0.717) is 5.15 Å². The summed E-state index contributed by atoms with van der Waals surface area (Å²) in [5.41, 5.74) is 0.877. The summed E-state index contributed by atoms with van der Waals surface area (Å²) in [5.74, 6) is 1.00. The van der Waals surface area contributed by atoms with Crippen LogP contribution in [0.15, 0.2) is 41.3 Å². The SMILES string of the molecule is Oc1ccc(SCc2ccc(Cl)nn2)cc1. The van der Waals surface area contributed by atoms with Gasteiger partial charge in [0.25, 0.3) is 0 Å². The minimum atomic E-state index is 0.274. The molecule has 0 fully saturated rings. The molecule has 2 aromatic rings. The normalized spacial score (nSPS) is 10.3. The molecule has 0 unspecified atom stereocenters. The first-order chi connectivity index (χ1) is 7.74. The predicted octanol–water partition coefficient (Wildman–Crippen LogP) is 3.13. The lowest BCUT2D eigenvalue weighted by Crippen LogP contribution is -1.89. The van der Waals surface area contributed by atoms with E-state index >= 15 is 0 Å². The van der Waals surface area contributed by atoms with Crippen LogP contribution in [-0.4, -0.2) is 15.3 Å². The van der Waals surface area contributed by atoms with Gasteiger partial charge >= 0.3 is 0 Å². The molecule has 16 heavy (non-hydrogen) atoms. The second-order valence-electron chi connectivity index (χ2n) is 3.13. The van der Waals surface area contributed by atoms with Gasteiger partial charge in [0.1, 0.15) is 5.75 Å². The van der Waals surface area contributed by atoms with Crippen molar-refractivity contribution in [1.29, 1.82) is 0 Å². The zero-order valence-electron chi connectivity index (χ0n) is 8.30. The van der Waals surface area contributed by atoms with Gasteiger partial charge in [-0.15, -0.1) is 16.9 Å². The molecular weight excluding hydrogens is 244 g/mol. The van der Waals surface area contributed by atoms with Crippen molar-refractivity contribution < 1.29 is 5.11 Å². The molecule has 0 atom stereocenters. The Morgan fingerprint density at radius 3 is 2.44 bits per heavy atom. The molecule has 0 saturated carbocycles. The number of aromatic hydroxyl groups is 1. The summed E-state index contributed by atoms with van der Waals surface area (Å²) in [6.07, 6.45) is 0. The van der Waals surface area contributed by atoms with E-state index in [0.717, 1.165) is 16.3 Å². The number of halogens is 1. The second kappa shape index (κ2) is 5.18. The highest BCUT2D eigenvalue weighted by Crippen LogP contribution is 2.23. The maximum atomic E-state index is 9.13. The standard InChI is InChI=1S/C11H9ClN2OS/c12-11-6-1-8(13-14-11)7-16-10-4-2-9(15)3-5-10/h1-6,15H,7H2. The number of nitrogens with zero attached hydrogens (tertiary/aromatic N) is 2. The van der Waals surface area contributed by atoms with E-state index in [1.807, 2.05) is 18.2 Å². The van der Waals surface area contributed by atoms with Crippen LogP contribution < -0.4 is 0 Å². The Bertz CT molecular complexity index is 413. The first-order valence-electron chi connectivity index (χ1n) is 4.64. The first kappa shape index (κ1) is 11.2. The highest BCUT2D eigenvalue weighted by atomic mass is 35.5. The fourth-order valence-corrected chi connectivity index (χ4v) is 2.02. The minimum Gasteiger partial charge on any atom is -0.508 e. The largest absolute Gasteiger partial charge is 0.508 e. The molecule has 0 bridgehead atoms. The van der Waals surface area contributed by atoms with Crippen molar-refractivity contribution in [3.8, 4) is 5.75 Å². The summed E-state index contributed by atoms with van der Waals surface area (Å²) in [6.45, 7) is 0. The number of rotatable bonds is 3.